The average Bonchev–Trinajstić information content (AvgIpc) is 2.87. The van der Waals surface area contributed by atoms with Gasteiger partial charge in [-0.3, -0.25) is 0 Å². The second kappa shape index (κ2) is 4.65. The summed E-state index contributed by atoms with van der Waals surface area (Å²) >= 11 is 0. The van der Waals surface area contributed by atoms with Crippen LogP contribution in [-0.2, 0) is 0 Å². The third-order valence-corrected chi connectivity index (χ3v) is 2.77. The lowest BCUT2D eigenvalue weighted by Crippen LogP contribution is -1.91. The number of halogens is 1. The molecule has 0 bridgehead atoms. The lowest BCUT2D eigenvalue weighted by molar-refractivity contribution is 0.432. The van der Waals surface area contributed by atoms with Crippen LogP contribution in [0, 0.1) is 5.82 Å². The van der Waals surface area contributed by atoms with Crippen LogP contribution in [0.4, 0.5) is 15.8 Å². The van der Waals surface area contributed by atoms with Gasteiger partial charge < -0.3 is 16.0 Å². The van der Waals surface area contributed by atoms with Crippen LogP contribution >= 0.6 is 0 Å². The summed E-state index contributed by atoms with van der Waals surface area (Å²) < 4.78 is 18.8. The fourth-order valence-electron chi connectivity index (χ4n) is 1.89. The fraction of sp³-hybridized carbons (Fsp3) is 0. The molecular weight excluding hydrogens is 259 g/mol. The molecule has 3 rings (SSSR count). The molecule has 0 radical (unpaired) electrons. The minimum absolute atomic E-state index is 0.180. The highest BCUT2D eigenvalue weighted by molar-refractivity contribution is 5.68. The number of nitrogens with zero attached hydrogens (tertiary/aromatic N) is 2. The van der Waals surface area contributed by atoms with Crippen molar-refractivity contribution in [1.29, 1.82) is 0 Å². The maximum Gasteiger partial charge on any atom is 0.258 e. The minimum atomic E-state index is -0.410. The molecule has 0 saturated heterocycles. The van der Waals surface area contributed by atoms with Gasteiger partial charge in [-0.25, -0.2) is 4.39 Å². The van der Waals surface area contributed by atoms with E-state index in [1.165, 1.54) is 6.07 Å². The van der Waals surface area contributed by atoms with E-state index in [0.717, 1.165) is 0 Å². The van der Waals surface area contributed by atoms with Crippen molar-refractivity contribution in [2.24, 2.45) is 0 Å². The summed E-state index contributed by atoms with van der Waals surface area (Å²) in [5.41, 5.74) is 13.3. The maximum atomic E-state index is 13.7. The topological polar surface area (TPSA) is 91.0 Å². The molecule has 0 aliphatic carbocycles. The van der Waals surface area contributed by atoms with Gasteiger partial charge in [0.2, 0.25) is 5.82 Å². The number of nitrogens with two attached hydrogens (primary N) is 2. The molecule has 100 valence electrons. The molecule has 0 aliphatic heterocycles. The Morgan fingerprint density at radius 3 is 2.40 bits per heavy atom. The van der Waals surface area contributed by atoms with Gasteiger partial charge in [-0.2, -0.15) is 4.98 Å². The first-order valence-electron chi connectivity index (χ1n) is 5.88. The first kappa shape index (κ1) is 12.2. The molecule has 5 nitrogen and oxygen atoms in total. The summed E-state index contributed by atoms with van der Waals surface area (Å²) in [4.78, 5) is 4.16. The second-order valence-corrected chi connectivity index (χ2v) is 4.29. The summed E-state index contributed by atoms with van der Waals surface area (Å²) in [6.45, 7) is 0. The molecule has 0 unspecified atom stereocenters. The Morgan fingerprint density at radius 2 is 1.70 bits per heavy atom. The number of anilines is 2. The van der Waals surface area contributed by atoms with E-state index in [9.17, 15) is 4.39 Å². The predicted molar refractivity (Wildman–Crippen MR) is 74.0 cm³/mol. The molecule has 6 heteroatoms. The number of nitrogen functional groups attached to an aromatic ring is 2. The van der Waals surface area contributed by atoms with E-state index in [0.29, 0.717) is 16.9 Å². The summed E-state index contributed by atoms with van der Waals surface area (Å²) in [6.07, 6.45) is 0. The van der Waals surface area contributed by atoms with Crippen molar-refractivity contribution in [2.75, 3.05) is 11.5 Å². The highest BCUT2D eigenvalue weighted by atomic mass is 19.1. The van der Waals surface area contributed by atoms with Crippen LogP contribution in [0.5, 0.6) is 0 Å². The van der Waals surface area contributed by atoms with Crippen molar-refractivity contribution < 1.29 is 8.91 Å². The molecule has 0 spiro atoms. The van der Waals surface area contributed by atoms with Gasteiger partial charge in [0.15, 0.2) is 0 Å². The first-order chi connectivity index (χ1) is 9.63. The van der Waals surface area contributed by atoms with Crippen LogP contribution < -0.4 is 11.5 Å². The number of aromatic nitrogens is 2. The van der Waals surface area contributed by atoms with E-state index >= 15 is 0 Å². The van der Waals surface area contributed by atoms with E-state index in [1.54, 1.807) is 36.4 Å². The Morgan fingerprint density at radius 1 is 1.00 bits per heavy atom. The quantitative estimate of drug-likeness (QED) is 0.698. The van der Waals surface area contributed by atoms with Gasteiger partial charge in [-0.1, -0.05) is 17.3 Å². The van der Waals surface area contributed by atoms with Gasteiger partial charge in [0.05, 0.1) is 5.56 Å². The number of benzene rings is 2. The van der Waals surface area contributed by atoms with Crippen LogP contribution in [0.2, 0.25) is 0 Å². The standard InChI is InChI=1S/C14H11FN4O/c15-12-4-2-1-3-11(12)13-18-14(20-19-13)8-5-9(16)7-10(17)6-8/h1-7H,16-17H2. The van der Waals surface area contributed by atoms with Crippen molar-refractivity contribution in [3.05, 3.63) is 48.3 Å². The zero-order valence-electron chi connectivity index (χ0n) is 10.4. The van der Waals surface area contributed by atoms with Crippen LogP contribution in [0.25, 0.3) is 22.8 Å². The Bertz CT molecular complexity index is 749. The molecule has 20 heavy (non-hydrogen) atoms. The van der Waals surface area contributed by atoms with Gasteiger partial charge in [-0.05, 0) is 30.3 Å². The Hall–Kier alpha value is -2.89. The lowest BCUT2D eigenvalue weighted by atomic mass is 10.1. The van der Waals surface area contributed by atoms with E-state index < -0.39 is 5.82 Å². The molecule has 2 aromatic carbocycles. The SMILES string of the molecule is Nc1cc(N)cc(-c2nc(-c3ccccc3F)no2)c1. The largest absolute Gasteiger partial charge is 0.399 e. The molecule has 3 aromatic rings. The number of hydrogen-bond acceptors (Lipinski definition) is 5. The van der Waals surface area contributed by atoms with E-state index in [2.05, 4.69) is 10.1 Å². The van der Waals surface area contributed by atoms with Gasteiger partial charge in [-0.15, -0.1) is 0 Å². The lowest BCUT2D eigenvalue weighted by Gasteiger charge is -1.99. The van der Waals surface area contributed by atoms with Gasteiger partial charge in [0.25, 0.3) is 5.89 Å². The third-order valence-electron chi connectivity index (χ3n) is 2.77. The number of rotatable bonds is 2. The highest BCUT2D eigenvalue weighted by Gasteiger charge is 2.14. The van der Waals surface area contributed by atoms with Crippen LogP contribution in [0.3, 0.4) is 0 Å². The molecule has 4 N–H and O–H groups in total. The average molecular weight is 270 g/mol. The molecule has 1 aromatic heterocycles. The molecular formula is C14H11FN4O. The summed E-state index contributed by atoms with van der Waals surface area (Å²) in [7, 11) is 0. The molecule has 0 amide bonds. The van der Waals surface area contributed by atoms with Gasteiger partial charge in [0.1, 0.15) is 5.82 Å². The molecule has 0 saturated carbocycles. The monoisotopic (exact) mass is 270 g/mol. The van der Waals surface area contributed by atoms with Crippen molar-refractivity contribution in [1.82, 2.24) is 10.1 Å². The van der Waals surface area contributed by atoms with Crippen LogP contribution in [0.1, 0.15) is 0 Å². The van der Waals surface area contributed by atoms with Gasteiger partial charge in [0, 0.05) is 16.9 Å². The third kappa shape index (κ3) is 2.18. The Kier molecular flexibility index (Phi) is 2.83. The van der Waals surface area contributed by atoms with Gasteiger partial charge >= 0.3 is 0 Å². The van der Waals surface area contributed by atoms with Crippen molar-refractivity contribution in [2.45, 2.75) is 0 Å². The van der Waals surface area contributed by atoms with Crippen LogP contribution in [0.15, 0.2) is 47.0 Å². The summed E-state index contributed by atoms with van der Waals surface area (Å²) in [5.74, 6) is 0.00767. The Balaban J connectivity index is 2.04. The smallest absolute Gasteiger partial charge is 0.258 e. The predicted octanol–water partition coefficient (Wildman–Crippen LogP) is 2.71. The molecule has 0 aliphatic rings. The van der Waals surface area contributed by atoms with Crippen molar-refractivity contribution in [3.8, 4) is 22.8 Å². The number of hydrogen-bond donors (Lipinski definition) is 2. The van der Waals surface area contributed by atoms with Crippen LogP contribution in [-0.4, -0.2) is 10.1 Å². The van der Waals surface area contributed by atoms with Crippen molar-refractivity contribution >= 4 is 11.4 Å². The fourth-order valence-corrected chi connectivity index (χ4v) is 1.89. The Labute approximate surface area is 114 Å². The zero-order chi connectivity index (χ0) is 14.1. The first-order valence-corrected chi connectivity index (χ1v) is 5.88. The van der Waals surface area contributed by atoms with E-state index in [1.807, 2.05) is 0 Å². The molecule has 1 heterocycles. The van der Waals surface area contributed by atoms with Crippen molar-refractivity contribution in [3.63, 3.8) is 0 Å². The maximum absolute atomic E-state index is 13.7. The summed E-state index contributed by atoms with van der Waals surface area (Å²) in [6, 6.07) is 11.2. The molecule has 0 atom stereocenters. The minimum Gasteiger partial charge on any atom is -0.399 e. The normalized spacial score (nSPS) is 10.7. The van der Waals surface area contributed by atoms with E-state index in [-0.39, 0.29) is 17.3 Å². The zero-order valence-corrected chi connectivity index (χ0v) is 10.4. The second-order valence-electron chi connectivity index (χ2n) is 4.29. The summed E-state index contributed by atoms with van der Waals surface area (Å²) in [5, 5.41) is 3.78. The molecule has 0 fully saturated rings. The highest BCUT2D eigenvalue weighted by Crippen LogP contribution is 2.26. The van der Waals surface area contributed by atoms with E-state index in [4.69, 9.17) is 16.0 Å².